The van der Waals surface area contributed by atoms with Crippen molar-refractivity contribution in [3.05, 3.63) is 158 Å². The molecular weight excluding hydrogens is 508 g/mol. The molecule has 2 aromatic heterocycles. The van der Waals surface area contributed by atoms with E-state index in [0.717, 1.165) is 5.69 Å². The highest BCUT2D eigenvalue weighted by atomic mass is 15.0. The smallest absolute Gasteiger partial charge is 0.0635 e. The molecular formula is C40H26N2. The van der Waals surface area contributed by atoms with Crippen molar-refractivity contribution in [1.29, 1.82) is 0 Å². The number of aromatic nitrogens is 2. The van der Waals surface area contributed by atoms with Crippen LogP contribution in [-0.4, -0.2) is 9.13 Å². The van der Waals surface area contributed by atoms with Gasteiger partial charge in [-0.2, -0.15) is 0 Å². The van der Waals surface area contributed by atoms with Crippen molar-refractivity contribution < 1.29 is 0 Å². The summed E-state index contributed by atoms with van der Waals surface area (Å²) in [4.78, 5) is 0. The predicted molar refractivity (Wildman–Crippen MR) is 178 cm³/mol. The van der Waals surface area contributed by atoms with E-state index in [4.69, 9.17) is 0 Å². The third kappa shape index (κ3) is 3.21. The first-order chi connectivity index (χ1) is 20.9. The van der Waals surface area contributed by atoms with Gasteiger partial charge in [-0.05, 0) is 52.2 Å². The van der Waals surface area contributed by atoms with Gasteiger partial charge in [0.1, 0.15) is 0 Å². The Labute approximate surface area is 243 Å². The number of rotatable bonds is 3. The van der Waals surface area contributed by atoms with Gasteiger partial charge in [-0.1, -0.05) is 121 Å². The van der Waals surface area contributed by atoms with E-state index in [1.807, 2.05) is 0 Å². The molecule has 0 N–H and O–H groups in total. The molecule has 0 saturated carbocycles. The van der Waals surface area contributed by atoms with E-state index >= 15 is 0 Å². The van der Waals surface area contributed by atoms with Crippen molar-refractivity contribution in [3.8, 4) is 22.5 Å². The summed E-state index contributed by atoms with van der Waals surface area (Å²) in [6.07, 6.45) is 2.20. The van der Waals surface area contributed by atoms with Crippen LogP contribution in [0.2, 0.25) is 0 Å². The summed E-state index contributed by atoms with van der Waals surface area (Å²) in [7, 11) is 0. The van der Waals surface area contributed by atoms with Gasteiger partial charge in [0.25, 0.3) is 0 Å². The molecule has 0 saturated heterocycles. The number of para-hydroxylation sites is 2. The normalized spacial score (nSPS) is 11.8. The lowest BCUT2D eigenvalue weighted by atomic mass is 9.90. The third-order valence-electron chi connectivity index (χ3n) is 8.73. The summed E-state index contributed by atoms with van der Waals surface area (Å²) >= 11 is 0. The van der Waals surface area contributed by atoms with Crippen molar-refractivity contribution >= 4 is 54.3 Å². The number of fused-ring (bicyclic) bond motifs is 7. The summed E-state index contributed by atoms with van der Waals surface area (Å²) in [5.41, 5.74) is 8.58. The molecule has 42 heavy (non-hydrogen) atoms. The number of hydrogen-bond donors (Lipinski definition) is 0. The Hall–Kier alpha value is -5.60. The monoisotopic (exact) mass is 534 g/mol. The van der Waals surface area contributed by atoms with E-state index in [1.165, 1.54) is 71.1 Å². The molecule has 0 spiro atoms. The van der Waals surface area contributed by atoms with Gasteiger partial charge in [0.15, 0.2) is 0 Å². The van der Waals surface area contributed by atoms with Crippen LogP contribution >= 0.6 is 0 Å². The van der Waals surface area contributed by atoms with Gasteiger partial charge in [-0.15, -0.1) is 0 Å². The zero-order chi connectivity index (χ0) is 27.6. The number of hydrogen-bond acceptors (Lipinski definition) is 0. The molecule has 0 atom stereocenters. The molecule has 9 rings (SSSR count). The molecule has 9 aromatic rings. The maximum atomic E-state index is 2.53. The van der Waals surface area contributed by atoms with Gasteiger partial charge in [0.05, 0.1) is 22.2 Å². The Balaban J connectivity index is 1.50. The topological polar surface area (TPSA) is 9.86 Å². The second-order valence-electron chi connectivity index (χ2n) is 10.9. The van der Waals surface area contributed by atoms with Crippen LogP contribution < -0.4 is 0 Å². The summed E-state index contributed by atoms with van der Waals surface area (Å²) < 4.78 is 4.83. The van der Waals surface area contributed by atoms with Gasteiger partial charge < -0.3 is 9.13 Å². The maximum absolute atomic E-state index is 2.53. The largest absolute Gasteiger partial charge is 0.316 e. The maximum Gasteiger partial charge on any atom is 0.0635 e. The summed E-state index contributed by atoms with van der Waals surface area (Å²) in [6.45, 7) is 0. The van der Waals surface area contributed by atoms with Crippen molar-refractivity contribution in [2.24, 2.45) is 0 Å². The number of benzene rings is 7. The lowest BCUT2D eigenvalue weighted by Gasteiger charge is -2.19. The minimum atomic E-state index is 1.16. The lowest BCUT2D eigenvalue weighted by Crippen LogP contribution is -1.99. The predicted octanol–water partition coefficient (Wildman–Crippen LogP) is 10.7. The van der Waals surface area contributed by atoms with Crippen molar-refractivity contribution in [3.63, 3.8) is 0 Å². The van der Waals surface area contributed by atoms with E-state index in [-0.39, 0.29) is 0 Å². The molecule has 7 aromatic carbocycles. The highest BCUT2D eigenvalue weighted by molar-refractivity contribution is 6.23. The average Bonchev–Trinajstić information content (AvgIpc) is 3.64. The first-order valence-corrected chi connectivity index (χ1v) is 14.5. The van der Waals surface area contributed by atoms with E-state index in [2.05, 4.69) is 167 Å². The Morgan fingerprint density at radius 3 is 1.62 bits per heavy atom. The molecule has 0 aliphatic carbocycles. The van der Waals surface area contributed by atoms with Crippen LogP contribution in [0.4, 0.5) is 0 Å². The van der Waals surface area contributed by atoms with Crippen LogP contribution in [0.5, 0.6) is 0 Å². The van der Waals surface area contributed by atoms with E-state index < -0.39 is 0 Å². The first kappa shape index (κ1) is 23.1. The van der Waals surface area contributed by atoms with Crippen LogP contribution in [0.25, 0.3) is 76.8 Å². The van der Waals surface area contributed by atoms with Gasteiger partial charge in [0, 0.05) is 38.8 Å². The molecule has 2 heterocycles. The Bertz CT molecular complexity index is 2390. The average molecular weight is 535 g/mol. The highest BCUT2D eigenvalue weighted by Crippen LogP contribution is 2.45. The Morgan fingerprint density at radius 2 is 0.929 bits per heavy atom. The standard InChI is InChI=1S/C40H26N2/c1-3-13-27(14-4-1)38-30-18-7-9-20-32(30)39(33-21-10-8-19-31(33)38)42-37-22-12-11-17-29(37)34-23-24-36-35(40(34)42)25-26-41(36)28-15-5-2-6-16-28/h1-26H. The Morgan fingerprint density at radius 1 is 0.357 bits per heavy atom. The SMILES string of the molecule is c1ccc(-c2c3ccccc3c(-n3c4ccccc4c4ccc5c(ccn5-c5ccccc5)c43)c3ccccc23)cc1. The second-order valence-corrected chi connectivity index (χ2v) is 10.9. The molecule has 0 aliphatic heterocycles. The molecule has 0 fully saturated rings. The molecule has 0 amide bonds. The van der Waals surface area contributed by atoms with Gasteiger partial charge >= 0.3 is 0 Å². The minimum Gasteiger partial charge on any atom is -0.316 e. The third-order valence-corrected chi connectivity index (χ3v) is 8.73. The van der Waals surface area contributed by atoms with Crippen molar-refractivity contribution in [1.82, 2.24) is 9.13 Å². The molecule has 0 unspecified atom stereocenters. The zero-order valence-corrected chi connectivity index (χ0v) is 22.9. The summed E-state index contributed by atoms with van der Waals surface area (Å²) in [6, 6.07) is 54.9. The number of nitrogens with zero attached hydrogens (tertiary/aromatic N) is 2. The highest BCUT2D eigenvalue weighted by Gasteiger charge is 2.22. The fraction of sp³-hybridized carbons (Fsp3) is 0. The van der Waals surface area contributed by atoms with E-state index in [9.17, 15) is 0 Å². The molecule has 196 valence electrons. The van der Waals surface area contributed by atoms with Crippen molar-refractivity contribution in [2.75, 3.05) is 0 Å². The van der Waals surface area contributed by atoms with Crippen LogP contribution in [0.3, 0.4) is 0 Å². The van der Waals surface area contributed by atoms with Crippen LogP contribution in [0.15, 0.2) is 158 Å². The van der Waals surface area contributed by atoms with Crippen LogP contribution in [0.1, 0.15) is 0 Å². The van der Waals surface area contributed by atoms with E-state index in [1.54, 1.807) is 0 Å². The zero-order valence-electron chi connectivity index (χ0n) is 22.9. The molecule has 0 bridgehead atoms. The summed E-state index contributed by atoms with van der Waals surface area (Å²) in [5.74, 6) is 0. The molecule has 2 nitrogen and oxygen atoms in total. The first-order valence-electron chi connectivity index (χ1n) is 14.5. The fourth-order valence-corrected chi connectivity index (χ4v) is 6.98. The minimum absolute atomic E-state index is 1.16. The van der Waals surface area contributed by atoms with Gasteiger partial charge in [0.2, 0.25) is 0 Å². The second kappa shape index (κ2) is 8.95. The van der Waals surface area contributed by atoms with Gasteiger partial charge in [-0.25, -0.2) is 0 Å². The fourth-order valence-electron chi connectivity index (χ4n) is 6.98. The van der Waals surface area contributed by atoms with E-state index in [0.29, 0.717) is 0 Å². The summed E-state index contributed by atoms with van der Waals surface area (Å²) in [5, 5.41) is 8.79. The van der Waals surface area contributed by atoms with Crippen LogP contribution in [-0.2, 0) is 0 Å². The van der Waals surface area contributed by atoms with Crippen molar-refractivity contribution in [2.45, 2.75) is 0 Å². The Kier molecular flexibility index (Phi) is 4.93. The molecule has 0 radical (unpaired) electrons. The lowest BCUT2D eigenvalue weighted by molar-refractivity contribution is 1.13. The van der Waals surface area contributed by atoms with Crippen LogP contribution in [0, 0.1) is 0 Å². The molecule has 0 aliphatic rings. The quantitative estimate of drug-likeness (QED) is 0.200. The van der Waals surface area contributed by atoms with Gasteiger partial charge in [-0.3, -0.25) is 0 Å². The molecule has 2 heteroatoms.